The third kappa shape index (κ3) is 4.24. The molecule has 138 valence electrons. The summed E-state index contributed by atoms with van der Waals surface area (Å²) in [6.45, 7) is 2.36. The van der Waals surface area contributed by atoms with Crippen LogP contribution in [0.1, 0.15) is 12.5 Å². The molecule has 0 radical (unpaired) electrons. The van der Waals surface area contributed by atoms with Gasteiger partial charge in [-0.1, -0.05) is 29.8 Å². The van der Waals surface area contributed by atoms with E-state index in [0.717, 1.165) is 5.56 Å². The highest BCUT2D eigenvalue weighted by Gasteiger charge is 2.37. The van der Waals surface area contributed by atoms with Crippen LogP contribution in [0.3, 0.4) is 0 Å². The summed E-state index contributed by atoms with van der Waals surface area (Å²) >= 11 is 6.08. The van der Waals surface area contributed by atoms with Crippen LogP contribution < -0.4 is 5.32 Å². The Morgan fingerprint density at radius 3 is 2.46 bits per heavy atom. The molecule has 1 N–H and O–H groups in total. The lowest BCUT2D eigenvalue weighted by molar-refractivity contribution is -0.114. The predicted molar refractivity (Wildman–Crippen MR) is 99.5 cm³/mol. The van der Waals surface area contributed by atoms with Crippen LogP contribution in [0.2, 0.25) is 5.02 Å². The monoisotopic (exact) mass is 394 g/mol. The molecule has 0 aromatic heterocycles. The molecule has 3 rings (SSSR count). The highest BCUT2D eigenvalue weighted by molar-refractivity contribution is 7.89. The van der Waals surface area contributed by atoms with Crippen molar-refractivity contribution >= 4 is 33.2 Å². The molecule has 0 bridgehead atoms. The maximum atomic E-state index is 12.6. The molecule has 1 fully saturated rings. The van der Waals surface area contributed by atoms with Crippen LogP contribution in [-0.2, 0) is 26.2 Å². The number of nitrogens with zero attached hydrogens (tertiary/aromatic N) is 1. The van der Waals surface area contributed by atoms with Crippen molar-refractivity contribution in [3.63, 3.8) is 0 Å². The van der Waals surface area contributed by atoms with Gasteiger partial charge >= 0.3 is 0 Å². The van der Waals surface area contributed by atoms with E-state index in [0.29, 0.717) is 30.4 Å². The van der Waals surface area contributed by atoms with Crippen molar-refractivity contribution in [3.8, 4) is 0 Å². The standard InChI is InChI=1S/C18H19ClN2O4S/c1-13(22)20-15-6-8-17(9-7-15)26(23,24)21-10-16(11-21)25-12-14-4-2-3-5-18(14)19/h2-9,16H,10-12H2,1H3,(H,20,22). The van der Waals surface area contributed by atoms with Crippen molar-refractivity contribution in [2.75, 3.05) is 18.4 Å². The minimum Gasteiger partial charge on any atom is -0.371 e. The molecule has 0 atom stereocenters. The van der Waals surface area contributed by atoms with Crippen molar-refractivity contribution in [2.45, 2.75) is 24.5 Å². The fraction of sp³-hybridized carbons (Fsp3) is 0.278. The van der Waals surface area contributed by atoms with E-state index in [2.05, 4.69) is 5.32 Å². The van der Waals surface area contributed by atoms with Crippen LogP contribution in [0.5, 0.6) is 0 Å². The van der Waals surface area contributed by atoms with Crippen LogP contribution in [0.25, 0.3) is 0 Å². The third-order valence-corrected chi connectivity index (χ3v) is 6.27. The molecule has 8 heteroatoms. The normalized spacial score (nSPS) is 15.5. The molecule has 2 aromatic carbocycles. The predicted octanol–water partition coefficient (Wildman–Crippen LogP) is 2.89. The van der Waals surface area contributed by atoms with Crippen LogP contribution in [0, 0.1) is 0 Å². The summed E-state index contributed by atoms with van der Waals surface area (Å²) in [7, 11) is -3.56. The highest BCUT2D eigenvalue weighted by atomic mass is 35.5. The topological polar surface area (TPSA) is 75.7 Å². The van der Waals surface area contributed by atoms with E-state index in [4.69, 9.17) is 16.3 Å². The number of carbonyl (C=O) groups excluding carboxylic acids is 1. The van der Waals surface area contributed by atoms with Crippen LogP contribution in [0.4, 0.5) is 5.69 Å². The second-order valence-corrected chi connectivity index (χ2v) is 8.40. The fourth-order valence-corrected chi connectivity index (χ4v) is 4.28. The first-order valence-electron chi connectivity index (χ1n) is 8.09. The SMILES string of the molecule is CC(=O)Nc1ccc(S(=O)(=O)N2CC(OCc3ccccc3Cl)C2)cc1. The van der Waals surface area contributed by atoms with Gasteiger partial charge in [0.25, 0.3) is 0 Å². The largest absolute Gasteiger partial charge is 0.371 e. The lowest BCUT2D eigenvalue weighted by atomic mass is 10.2. The van der Waals surface area contributed by atoms with Crippen molar-refractivity contribution in [3.05, 3.63) is 59.1 Å². The van der Waals surface area contributed by atoms with E-state index in [-0.39, 0.29) is 16.9 Å². The average molecular weight is 395 g/mol. The van der Waals surface area contributed by atoms with E-state index >= 15 is 0 Å². The van der Waals surface area contributed by atoms with Gasteiger partial charge in [-0.25, -0.2) is 8.42 Å². The Labute approximate surface area is 157 Å². The molecule has 1 amide bonds. The van der Waals surface area contributed by atoms with Gasteiger partial charge in [-0.2, -0.15) is 4.31 Å². The number of hydrogen-bond donors (Lipinski definition) is 1. The number of ether oxygens (including phenoxy) is 1. The Balaban J connectivity index is 1.55. The summed E-state index contributed by atoms with van der Waals surface area (Å²) in [5, 5.41) is 3.24. The van der Waals surface area contributed by atoms with Crippen molar-refractivity contribution < 1.29 is 17.9 Å². The average Bonchev–Trinajstić information content (AvgIpc) is 2.55. The Morgan fingerprint density at radius 1 is 1.19 bits per heavy atom. The van der Waals surface area contributed by atoms with Gasteiger partial charge in [0.2, 0.25) is 15.9 Å². The third-order valence-electron chi connectivity index (χ3n) is 4.06. The first-order chi connectivity index (χ1) is 12.4. The zero-order valence-corrected chi connectivity index (χ0v) is 15.8. The Bertz CT molecular complexity index is 894. The quantitative estimate of drug-likeness (QED) is 0.817. The number of rotatable bonds is 6. The lowest BCUT2D eigenvalue weighted by Gasteiger charge is -2.37. The zero-order valence-electron chi connectivity index (χ0n) is 14.2. The molecule has 0 unspecified atom stereocenters. The smallest absolute Gasteiger partial charge is 0.243 e. The number of benzene rings is 2. The summed E-state index contributed by atoms with van der Waals surface area (Å²) in [5.41, 5.74) is 1.44. The number of sulfonamides is 1. The Morgan fingerprint density at radius 2 is 1.85 bits per heavy atom. The molecule has 0 saturated carbocycles. The summed E-state index contributed by atoms with van der Waals surface area (Å²) < 4.78 is 32.3. The summed E-state index contributed by atoms with van der Waals surface area (Å²) in [5.74, 6) is -0.207. The van der Waals surface area contributed by atoms with E-state index in [1.165, 1.54) is 23.4 Å². The Kier molecular flexibility index (Phi) is 5.62. The van der Waals surface area contributed by atoms with Crippen molar-refractivity contribution in [1.82, 2.24) is 4.31 Å². The van der Waals surface area contributed by atoms with Gasteiger partial charge in [0.15, 0.2) is 0 Å². The van der Waals surface area contributed by atoms with Gasteiger partial charge in [0.1, 0.15) is 0 Å². The van der Waals surface area contributed by atoms with Gasteiger partial charge in [-0.3, -0.25) is 4.79 Å². The van der Waals surface area contributed by atoms with Crippen LogP contribution in [-0.4, -0.2) is 37.8 Å². The molecular weight excluding hydrogens is 376 g/mol. The maximum absolute atomic E-state index is 12.6. The fourth-order valence-electron chi connectivity index (χ4n) is 2.59. The van der Waals surface area contributed by atoms with Gasteiger partial charge in [0.05, 0.1) is 17.6 Å². The number of hydrogen-bond acceptors (Lipinski definition) is 4. The number of nitrogens with one attached hydrogen (secondary N) is 1. The molecule has 1 aliphatic heterocycles. The second kappa shape index (κ2) is 7.75. The molecule has 1 heterocycles. The first kappa shape index (κ1) is 18.8. The van der Waals surface area contributed by atoms with Gasteiger partial charge in [-0.05, 0) is 35.9 Å². The van der Waals surface area contributed by atoms with Crippen LogP contribution >= 0.6 is 11.6 Å². The van der Waals surface area contributed by atoms with Gasteiger partial charge in [0, 0.05) is 30.7 Å². The number of halogens is 1. The van der Waals surface area contributed by atoms with E-state index in [1.807, 2.05) is 18.2 Å². The summed E-state index contributed by atoms with van der Waals surface area (Å²) in [6, 6.07) is 13.5. The minimum absolute atomic E-state index is 0.153. The summed E-state index contributed by atoms with van der Waals surface area (Å²) in [6.07, 6.45) is -0.153. The number of anilines is 1. The zero-order chi connectivity index (χ0) is 18.7. The van der Waals surface area contributed by atoms with Gasteiger partial charge < -0.3 is 10.1 Å². The number of carbonyl (C=O) groups is 1. The second-order valence-electron chi connectivity index (χ2n) is 6.05. The first-order valence-corrected chi connectivity index (χ1v) is 9.91. The molecule has 26 heavy (non-hydrogen) atoms. The van der Waals surface area contributed by atoms with Crippen LogP contribution in [0.15, 0.2) is 53.4 Å². The van der Waals surface area contributed by atoms with E-state index in [9.17, 15) is 13.2 Å². The maximum Gasteiger partial charge on any atom is 0.243 e. The molecule has 1 aliphatic rings. The highest BCUT2D eigenvalue weighted by Crippen LogP contribution is 2.25. The van der Waals surface area contributed by atoms with Crippen molar-refractivity contribution in [1.29, 1.82) is 0 Å². The Hall–Kier alpha value is -1.93. The minimum atomic E-state index is -3.56. The molecular formula is C18H19ClN2O4S. The van der Waals surface area contributed by atoms with E-state index < -0.39 is 10.0 Å². The van der Waals surface area contributed by atoms with Gasteiger partial charge in [-0.15, -0.1) is 0 Å². The number of amides is 1. The van der Waals surface area contributed by atoms with E-state index in [1.54, 1.807) is 18.2 Å². The van der Waals surface area contributed by atoms with Crippen molar-refractivity contribution in [2.24, 2.45) is 0 Å². The molecule has 2 aromatic rings. The molecule has 0 aliphatic carbocycles. The molecule has 1 saturated heterocycles. The lowest BCUT2D eigenvalue weighted by Crippen LogP contribution is -2.54. The molecule has 6 nitrogen and oxygen atoms in total. The summed E-state index contributed by atoms with van der Waals surface area (Å²) in [4.78, 5) is 11.2. The molecule has 0 spiro atoms.